The maximum Gasteiger partial charge on any atom is 0.405 e. The minimum Gasteiger partial charge on any atom is -0.465 e. The fourth-order valence-electron chi connectivity index (χ4n) is 1.78. The quantitative estimate of drug-likeness (QED) is 0.308. The number of nitrogens with zero attached hydrogens (tertiary/aromatic N) is 2. The molecule has 0 aromatic rings. The molecule has 0 spiro atoms. The number of aliphatic hydroxyl groups excluding tert-OH is 1. The van der Waals surface area contributed by atoms with E-state index >= 15 is 0 Å². The zero-order valence-electron chi connectivity index (χ0n) is 14.3. The summed E-state index contributed by atoms with van der Waals surface area (Å²) in [6.07, 6.45) is -1.75. The minimum absolute atomic E-state index is 0.0505. The van der Waals surface area contributed by atoms with Gasteiger partial charge in [-0.2, -0.15) is 0 Å². The fraction of sp³-hybridized carbons (Fsp3) is 0.923. The van der Waals surface area contributed by atoms with Crippen LogP contribution >= 0.6 is 0 Å². The summed E-state index contributed by atoms with van der Waals surface area (Å²) in [7, 11) is -2.16. The van der Waals surface area contributed by atoms with Crippen LogP contribution in [0.2, 0.25) is 18.1 Å². The van der Waals surface area contributed by atoms with Crippen LogP contribution in [0.15, 0.2) is 5.11 Å². The van der Waals surface area contributed by atoms with E-state index in [-0.39, 0.29) is 24.1 Å². The number of carboxylic acid groups (broad SMARTS) is 1. The van der Waals surface area contributed by atoms with E-state index in [9.17, 15) is 9.90 Å². The summed E-state index contributed by atoms with van der Waals surface area (Å²) in [4.78, 5) is 13.9. The first-order valence-electron chi connectivity index (χ1n) is 7.27. The molecule has 8 nitrogen and oxygen atoms in total. The third-order valence-electron chi connectivity index (χ3n) is 4.14. The Morgan fingerprint density at radius 1 is 1.45 bits per heavy atom. The summed E-state index contributed by atoms with van der Waals surface area (Å²) >= 11 is 0. The Labute approximate surface area is 132 Å². The largest absolute Gasteiger partial charge is 0.465 e. The minimum atomic E-state index is -2.16. The van der Waals surface area contributed by atoms with Crippen molar-refractivity contribution in [1.29, 1.82) is 5.53 Å². The number of carbonyl (C=O) groups is 1. The van der Waals surface area contributed by atoms with E-state index in [4.69, 9.17) is 15.1 Å². The van der Waals surface area contributed by atoms with E-state index in [0.717, 1.165) is 0 Å². The lowest BCUT2D eigenvalue weighted by Gasteiger charge is -2.42. The van der Waals surface area contributed by atoms with Crippen LogP contribution in [0.3, 0.4) is 0 Å². The number of hydrogen-bond donors (Lipinski definition) is 4. The van der Waals surface area contributed by atoms with Crippen molar-refractivity contribution in [2.24, 2.45) is 11.0 Å². The molecule has 0 saturated heterocycles. The molecule has 3 atom stereocenters. The second kappa shape index (κ2) is 8.38. The van der Waals surface area contributed by atoms with Crippen LogP contribution < -0.4 is 10.2 Å². The SMILES string of the molecule is C[C@@H](CN=[N+]=N)[C@@H](O[Si](C)(C)C(C)(C)C)[C@@H](CO)NC(=O)O. The second-order valence-corrected chi connectivity index (χ2v) is 11.7. The Balaban J connectivity index is 5.39. The molecule has 0 unspecified atom stereocenters. The predicted molar refractivity (Wildman–Crippen MR) is 85.4 cm³/mol. The topological polar surface area (TPSA) is 129 Å². The molecular formula is C13H29N4O4Si+. The van der Waals surface area contributed by atoms with Gasteiger partial charge in [0.05, 0.1) is 18.8 Å². The van der Waals surface area contributed by atoms with Crippen LogP contribution in [-0.2, 0) is 4.43 Å². The third-order valence-corrected chi connectivity index (χ3v) is 8.61. The molecule has 0 aliphatic heterocycles. The van der Waals surface area contributed by atoms with Gasteiger partial charge in [0.1, 0.15) is 17.2 Å². The molecule has 0 radical (unpaired) electrons. The average Bonchev–Trinajstić information content (AvgIpc) is 2.38. The number of aliphatic hydroxyl groups is 1. The van der Waals surface area contributed by atoms with Crippen molar-refractivity contribution >= 4 is 14.4 Å². The molecule has 0 saturated carbocycles. The summed E-state index contributed by atoms with van der Waals surface area (Å²) in [5.74, 6) is -0.188. The maximum absolute atomic E-state index is 10.9. The van der Waals surface area contributed by atoms with Gasteiger partial charge >= 0.3 is 6.09 Å². The van der Waals surface area contributed by atoms with E-state index in [1.165, 1.54) is 0 Å². The van der Waals surface area contributed by atoms with E-state index < -0.39 is 26.6 Å². The highest BCUT2D eigenvalue weighted by molar-refractivity contribution is 6.74. The summed E-state index contributed by atoms with van der Waals surface area (Å²) in [5, 5.41) is 24.4. The molecule has 0 fully saturated rings. The van der Waals surface area contributed by atoms with Gasteiger partial charge in [-0.3, -0.25) is 0 Å². The van der Waals surface area contributed by atoms with Gasteiger partial charge in [0, 0.05) is 5.92 Å². The Kier molecular flexibility index (Phi) is 7.89. The molecule has 22 heavy (non-hydrogen) atoms. The zero-order valence-corrected chi connectivity index (χ0v) is 15.3. The van der Waals surface area contributed by atoms with Gasteiger partial charge in [0.2, 0.25) is 4.91 Å². The van der Waals surface area contributed by atoms with Crippen LogP contribution in [0.25, 0.3) is 0 Å². The van der Waals surface area contributed by atoms with Gasteiger partial charge in [-0.25, -0.2) is 4.79 Å². The number of rotatable bonds is 8. The van der Waals surface area contributed by atoms with Crippen molar-refractivity contribution in [2.75, 3.05) is 13.2 Å². The van der Waals surface area contributed by atoms with Gasteiger partial charge in [0.25, 0.3) is 0 Å². The molecule has 0 aliphatic carbocycles. The van der Waals surface area contributed by atoms with Crippen molar-refractivity contribution < 1.29 is 19.4 Å². The molecule has 0 heterocycles. The molecule has 1 amide bonds. The second-order valence-electron chi connectivity index (χ2n) is 6.98. The third kappa shape index (κ3) is 6.23. The first kappa shape index (κ1) is 20.7. The summed E-state index contributed by atoms with van der Waals surface area (Å²) < 4.78 is 6.31. The van der Waals surface area contributed by atoms with Crippen LogP contribution in [0, 0.1) is 11.4 Å². The highest BCUT2D eigenvalue weighted by atomic mass is 28.4. The van der Waals surface area contributed by atoms with E-state index in [0.29, 0.717) is 0 Å². The predicted octanol–water partition coefficient (Wildman–Crippen LogP) is 2.19. The van der Waals surface area contributed by atoms with Gasteiger partial charge in [-0.15, -0.1) is 0 Å². The fourth-order valence-corrected chi connectivity index (χ4v) is 3.21. The van der Waals surface area contributed by atoms with Crippen LogP contribution in [0.1, 0.15) is 27.7 Å². The molecule has 0 aliphatic rings. The molecule has 0 rings (SSSR count). The van der Waals surface area contributed by atoms with E-state index in [1.807, 2.05) is 6.92 Å². The molecule has 0 bridgehead atoms. The first-order valence-corrected chi connectivity index (χ1v) is 10.2. The monoisotopic (exact) mass is 333 g/mol. The summed E-state index contributed by atoms with van der Waals surface area (Å²) in [6, 6.07) is -0.748. The number of hydrogen-bond acceptors (Lipinski definition) is 5. The molecule has 9 heteroatoms. The van der Waals surface area contributed by atoms with E-state index in [2.05, 4.69) is 49.2 Å². The lowest BCUT2D eigenvalue weighted by Crippen LogP contribution is -2.55. The van der Waals surface area contributed by atoms with Gasteiger partial charge < -0.3 is 20.0 Å². The molecule has 0 aromatic heterocycles. The lowest BCUT2D eigenvalue weighted by molar-refractivity contribution is 0.0598. The maximum atomic E-state index is 10.9. The Morgan fingerprint density at radius 3 is 2.36 bits per heavy atom. The van der Waals surface area contributed by atoms with Crippen molar-refractivity contribution in [3.8, 4) is 0 Å². The van der Waals surface area contributed by atoms with Gasteiger partial charge in [0.15, 0.2) is 8.32 Å². The van der Waals surface area contributed by atoms with Crippen LogP contribution in [-0.4, -0.2) is 49.9 Å². The molecular weight excluding hydrogens is 304 g/mol. The number of amides is 1. The van der Waals surface area contributed by atoms with Crippen molar-refractivity contribution in [3.05, 3.63) is 0 Å². The van der Waals surface area contributed by atoms with Crippen LogP contribution in [0.5, 0.6) is 0 Å². The van der Waals surface area contributed by atoms with Crippen molar-refractivity contribution in [3.63, 3.8) is 0 Å². The molecule has 4 N–H and O–H groups in total. The Bertz CT molecular complexity index is 419. The Morgan fingerprint density at radius 2 is 2.00 bits per heavy atom. The van der Waals surface area contributed by atoms with Crippen LogP contribution in [0.4, 0.5) is 4.79 Å². The lowest BCUT2D eigenvalue weighted by atomic mass is 9.98. The molecule has 128 valence electrons. The highest BCUT2D eigenvalue weighted by Gasteiger charge is 2.42. The number of nitrogens with one attached hydrogen (secondary N) is 2. The first-order chi connectivity index (χ1) is 9.96. The van der Waals surface area contributed by atoms with Crippen molar-refractivity contribution in [2.45, 2.75) is 58.0 Å². The highest BCUT2D eigenvalue weighted by Crippen LogP contribution is 2.38. The average molecular weight is 333 g/mol. The van der Waals surface area contributed by atoms with Crippen molar-refractivity contribution in [1.82, 2.24) is 10.2 Å². The summed E-state index contributed by atoms with van der Waals surface area (Å²) in [5.41, 5.74) is 6.75. The van der Waals surface area contributed by atoms with Gasteiger partial charge in [-0.1, -0.05) is 27.7 Å². The van der Waals surface area contributed by atoms with Gasteiger partial charge in [-0.05, 0) is 18.1 Å². The zero-order chi connectivity index (χ0) is 17.6. The standard InChI is InChI=1S/C13H28N4O4Si/c1-9(7-15-17-14)11(10(8-18)16-12(19)20)21-22(5,6)13(2,3)4/h9-11,14,16,18H,7-8H2,1-6H3/p+1/t9-,10+,11+/m0/s1. The van der Waals surface area contributed by atoms with E-state index in [1.54, 1.807) is 0 Å². The molecule has 0 aromatic carbocycles. The Hall–Kier alpha value is -1.28. The normalized spacial score (nSPS) is 16.3. The summed E-state index contributed by atoms with van der Waals surface area (Å²) in [6.45, 7) is 12.1. The smallest absolute Gasteiger partial charge is 0.405 e.